The van der Waals surface area contributed by atoms with E-state index in [0.717, 1.165) is 5.56 Å². The zero-order chi connectivity index (χ0) is 15.1. The van der Waals surface area contributed by atoms with Gasteiger partial charge >= 0.3 is 5.97 Å². The molecule has 110 valence electrons. The highest BCUT2D eigenvalue weighted by atomic mass is 16.4. The molecule has 0 aromatic heterocycles. The van der Waals surface area contributed by atoms with Crippen molar-refractivity contribution in [2.45, 2.75) is 45.7 Å². The average Bonchev–Trinajstić information content (AvgIpc) is 2.37. The fraction of sp³-hybridized carbons (Fsp3) is 0.500. The number of rotatable bonds is 8. The summed E-state index contributed by atoms with van der Waals surface area (Å²) in [6.45, 7) is 5.81. The molecule has 0 amide bonds. The van der Waals surface area contributed by atoms with E-state index in [1.807, 2.05) is 51.1 Å². The molecule has 0 aliphatic carbocycles. The monoisotopic (exact) mass is 277 g/mol. The van der Waals surface area contributed by atoms with Crippen molar-refractivity contribution >= 4 is 11.8 Å². The fourth-order valence-corrected chi connectivity index (χ4v) is 2.12. The molecule has 0 fully saturated rings. The van der Waals surface area contributed by atoms with Crippen LogP contribution in [-0.2, 0) is 9.59 Å². The first kappa shape index (κ1) is 16.4. The van der Waals surface area contributed by atoms with Gasteiger partial charge in [0.15, 0.2) is 0 Å². The van der Waals surface area contributed by atoms with Crippen LogP contribution in [0, 0.1) is 5.92 Å². The molecular formula is C16H23NO3. The van der Waals surface area contributed by atoms with Crippen LogP contribution in [-0.4, -0.2) is 22.9 Å². The van der Waals surface area contributed by atoms with Crippen molar-refractivity contribution < 1.29 is 14.7 Å². The Balaban J connectivity index is 2.63. The summed E-state index contributed by atoms with van der Waals surface area (Å²) in [4.78, 5) is 23.1. The summed E-state index contributed by atoms with van der Waals surface area (Å²) >= 11 is 0. The number of carbonyl (C=O) groups excluding carboxylic acids is 1. The molecule has 0 unspecified atom stereocenters. The first-order chi connectivity index (χ1) is 9.40. The Bertz CT molecular complexity index is 442. The van der Waals surface area contributed by atoms with Gasteiger partial charge in [-0.2, -0.15) is 0 Å². The van der Waals surface area contributed by atoms with Gasteiger partial charge in [-0.05, 0) is 18.4 Å². The first-order valence-electron chi connectivity index (χ1n) is 6.95. The van der Waals surface area contributed by atoms with E-state index in [2.05, 4.69) is 5.32 Å². The predicted molar refractivity (Wildman–Crippen MR) is 78.5 cm³/mol. The van der Waals surface area contributed by atoms with Crippen molar-refractivity contribution in [3.8, 4) is 0 Å². The summed E-state index contributed by atoms with van der Waals surface area (Å²) < 4.78 is 0. The Hall–Kier alpha value is -1.68. The molecule has 2 atom stereocenters. The second kappa shape index (κ2) is 7.80. The molecule has 4 heteroatoms. The van der Waals surface area contributed by atoms with Crippen molar-refractivity contribution in [3.63, 3.8) is 0 Å². The molecule has 20 heavy (non-hydrogen) atoms. The van der Waals surface area contributed by atoms with E-state index in [1.165, 1.54) is 0 Å². The number of ketones is 1. The SMILES string of the molecule is CC(C)CC(=O)C[C@H](N[C@@H](C)c1ccccc1)C(=O)O. The minimum absolute atomic E-state index is 0.0137. The van der Waals surface area contributed by atoms with Crippen molar-refractivity contribution in [2.75, 3.05) is 0 Å². The van der Waals surface area contributed by atoms with Crippen molar-refractivity contribution in [2.24, 2.45) is 5.92 Å². The van der Waals surface area contributed by atoms with Crippen LogP contribution in [0.5, 0.6) is 0 Å². The zero-order valence-corrected chi connectivity index (χ0v) is 12.3. The lowest BCUT2D eigenvalue weighted by atomic mass is 10.0. The average molecular weight is 277 g/mol. The smallest absolute Gasteiger partial charge is 0.321 e. The Labute approximate surface area is 120 Å². The van der Waals surface area contributed by atoms with E-state index in [0.29, 0.717) is 6.42 Å². The molecule has 1 rings (SSSR count). The number of carboxylic acid groups (broad SMARTS) is 1. The number of nitrogens with one attached hydrogen (secondary N) is 1. The Kier molecular flexibility index (Phi) is 6.39. The lowest BCUT2D eigenvalue weighted by Crippen LogP contribution is -2.40. The summed E-state index contributed by atoms with van der Waals surface area (Å²) in [7, 11) is 0. The van der Waals surface area contributed by atoms with Gasteiger partial charge in [-0.1, -0.05) is 44.2 Å². The van der Waals surface area contributed by atoms with Gasteiger partial charge in [0.25, 0.3) is 0 Å². The normalized spacial score (nSPS) is 14.0. The molecule has 4 nitrogen and oxygen atoms in total. The molecule has 0 bridgehead atoms. The maximum absolute atomic E-state index is 11.8. The summed E-state index contributed by atoms with van der Waals surface area (Å²) in [6.07, 6.45) is 0.454. The molecule has 0 saturated heterocycles. The highest BCUT2D eigenvalue weighted by Crippen LogP contribution is 2.14. The lowest BCUT2D eigenvalue weighted by Gasteiger charge is -2.20. The minimum Gasteiger partial charge on any atom is -0.480 e. The third kappa shape index (κ3) is 5.53. The second-order valence-electron chi connectivity index (χ2n) is 5.53. The van der Waals surface area contributed by atoms with Gasteiger partial charge in [-0.25, -0.2) is 0 Å². The summed E-state index contributed by atoms with van der Waals surface area (Å²) in [5.41, 5.74) is 1.01. The Morgan fingerprint density at radius 1 is 1.10 bits per heavy atom. The zero-order valence-electron chi connectivity index (χ0n) is 12.3. The molecule has 0 radical (unpaired) electrons. The van der Waals surface area contributed by atoms with Gasteiger partial charge in [0.05, 0.1) is 0 Å². The van der Waals surface area contributed by atoms with Gasteiger partial charge in [0.2, 0.25) is 0 Å². The highest BCUT2D eigenvalue weighted by molar-refractivity contribution is 5.85. The van der Waals surface area contributed by atoms with Crippen LogP contribution in [0.4, 0.5) is 0 Å². The number of aliphatic carboxylic acids is 1. The number of carboxylic acids is 1. The molecule has 0 saturated carbocycles. The summed E-state index contributed by atoms with van der Waals surface area (Å²) in [5.74, 6) is -0.742. The van der Waals surface area contributed by atoms with Crippen molar-refractivity contribution in [3.05, 3.63) is 35.9 Å². The van der Waals surface area contributed by atoms with Crippen LogP contribution < -0.4 is 5.32 Å². The molecule has 0 aliphatic heterocycles. The van der Waals surface area contributed by atoms with Gasteiger partial charge in [0.1, 0.15) is 11.8 Å². The second-order valence-corrected chi connectivity index (χ2v) is 5.53. The molecule has 0 spiro atoms. The van der Waals surface area contributed by atoms with Crippen LogP contribution in [0.15, 0.2) is 30.3 Å². The first-order valence-corrected chi connectivity index (χ1v) is 6.95. The summed E-state index contributed by atoms with van der Waals surface area (Å²) in [6, 6.07) is 8.66. The third-order valence-corrected chi connectivity index (χ3v) is 3.12. The van der Waals surface area contributed by atoms with Crippen molar-refractivity contribution in [1.29, 1.82) is 0 Å². The van der Waals surface area contributed by atoms with Gasteiger partial charge in [-0.15, -0.1) is 0 Å². The van der Waals surface area contributed by atoms with E-state index < -0.39 is 12.0 Å². The van der Waals surface area contributed by atoms with Crippen LogP contribution >= 0.6 is 0 Å². The molecular weight excluding hydrogens is 254 g/mol. The predicted octanol–water partition coefficient (Wildman–Crippen LogP) is 2.80. The number of carbonyl (C=O) groups is 2. The third-order valence-electron chi connectivity index (χ3n) is 3.12. The highest BCUT2D eigenvalue weighted by Gasteiger charge is 2.23. The fourth-order valence-electron chi connectivity index (χ4n) is 2.12. The summed E-state index contributed by atoms with van der Waals surface area (Å²) in [5, 5.41) is 12.3. The number of benzene rings is 1. The molecule has 0 aliphatic rings. The number of Topliss-reactive ketones (excluding diaryl/α,β-unsaturated/α-hetero) is 1. The lowest BCUT2D eigenvalue weighted by molar-refractivity contribution is -0.141. The van der Waals surface area contributed by atoms with Crippen LogP contribution in [0.25, 0.3) is 0 Å². The van der Waals surface area contributed by atoms with Crippen LogP contribution in [0.1, 0.15) is 45.2 Å². The van der Waals surface area contributed by atoms with E-state index in [4.69, 9.17) is 0 Å². The van der Waals surface area contributed by atoms with Gasteiger partial charge < -0.3 is 5.11 Å². The molecule has 0 heterocycles. The maximum Gasteiger partial charge on any atom is 0.321 e. The largest absolute Gasteiger partial charge is 0.480 e. The van der Waals surface area contributed by atoms with E-state index in [9.17, 15) is 14.7 Å². The number of hydrogen-bond acceptors (Lipinski definition) is 3. The Morgan fingerprint density at radius 3 is 2.20 bits per heavy atom. The van der Waals surface area contributed by atoms with E-state index >= 15 is 0 Å². The Morgan fingerprint density at radius 2 is 1.70 bits per heavy atom. The maximum atomic E-state index is 11.8. The number of hydrogen-bond donors (Lipinski definition) is 2. The van der Waals surface area contributed by atoms with Gasteiger partial charge in [-0.3, -0.25) is 14.9 Å². The standard InChI is InChI=1S/C16H23NO3/c1-11(2)9-14(18)10-15(16(19)20)17-12(3)13-7-5-4-6-8-13/h4-8,11-12,15,17H,9-10H2,1-3H3,(H,19,20)/t12-,15-/m0/s1. The van der Waals surface area contributed by atoms with Crippen molar-refractivity contribution in [1.82, 2.24) is 5.32 Å². The molecule has 1 aromatic carbocycles. The minimum atomic E-state index is -0.982. The van der Waals surface area contributed by atoms with Crippen LogP contribution in [0.2, 0.25) is 0 Å². The molecule has 1 aromatic rings. The van der Waals surface area contributed by atoms with Crippen LogP contribution in [0.3, 0.4) is 0 Å². The van der Waals surface area contributed by atoms with E-state index in [1.54, 1.807) is 0 Å². The topological polar surface area (TPSA) is 66.4 Å². The van der Waals surface area contributed by atoms with E-state index in [-0.39, 0.29) is 24.2 Å². The molecule has 2 N–H and O–H groups in total. The quantitative estimate of drug-likeness (QED) is 0.767. The van der Waals surface area contributed by atoms with Gasteiger partial charge in [0, 0.05) is 18.9 Å².